The quantitative estimate of drug-likeness (QED) is 0.391. The van der Waals surface area contributed by atoms with Crippen LogP contribution in [0.4, 0.5) is 16.2 Å². The Kier molecular flexibility index (Phi) is 8.71. The summed E-state index contributed by atoms with van der Waals surface area (Å²) in [5.74, 6) is -0.422. The maximum absolute atomic E-state index is 12.5. The highest BCUT2D eigenvalue weighted by molar-refractivity contribution is 14.1. The van der Waals surface area contributed by atoms with Crippen molar-refractivity contribution >= 4 is 75.1 Å². The summed E-state index contributed by atoms with van der Waals surface area (Å²) in [6.07, 6.45) is -1.69. The summed E-state index contributed by atoms with van der Waals surface area (Å²) >= 11 is 8.85. The van der Waals surface area contributed by atoms with E-state index in [-0.39, 0.29) is 31.5 Å². The van der Waals surface area contributed by atoms with Crippen molar-refractivity contribution in [2.24, 2.45) is 0 Å². The number of hydrogen-bond acceptors (Lipinski definition) is 7. The molecular weight excluding hydrogens is 573 g/mol. The molecule has 0 unspecified atom stereocenters. The monoisotopic (exact) mass is 593 g/mol. The average molecular weight is 594 g/mol. The van der Waals surface area contributed by atoms with Gasteiger partial charge in [-0.2, -0.15) is 0 Å². The number of halogens is 2. The Morgan fingerprint density at radius 2 is 2.00 bits per heavy atom. The lowest BCUT2D eigenvalue weighted by atomic mass is 10.2. The lowest BCUT2D eigenvalue weighted by Crippen LogP contribution is -2.42. The van der Waals surface area contributed by atoms with Gasteiger partial charge in [-0.3, -0.25) is 17.6 Å². The second-order valence-electron chi connectivity index (χ2n) is 6.80. The van der Waals surface area contributed by atoms with E-state index in [1.165, 1.54) is 15.1 Å². The molecule has 172 valence electrons. The van der Waals surface area contributed by atoms with E-state index in [1.54, 1.807) is 41.3 Å². The Morgan fingerprint density at radius 1 is 1.28 bits per heavy atom. The summed E-state index contributed by atoms with van der Waals surface area (Å²) in [7, 11) is 1.25. The van der Waals surface area contributed by atoms with Crippen LogP contribution in [0.1, 0.15) is 9.67 Å². The van der Waals surface area contributed by atoms with Crippen LogP contribution in [0.3, 0.4) is 0 Å². The Balaban J connectivity index is 1.67. The third-order valence-electron chi connectivity index (χ3n) is 4.62. The predicted octanol–water partition coefficient (Wildman–Crippen LogP) is 3.19. The fourth-order valence-electron chi connectivity index (χ4n) is 3.08. The van der Waals surface area contributed by atoms with E-state index in [9.17, 15) is 19.5 Å². The Bertz CT molecular complexity index is 972. The number of rotatable bonds is 7. The number of amides is 3. The lowest BCUT2D eigenvalue weighted by molar-refractivity contribution is -0.125. The molecule has 1 aliphatic rings. The first-order valence-electron chi connectivity index (χ1n) is 9.55. The maximum atomic E-state index is 12.5. The first-order valence-corrected chi connectivity index (χ1v) is 11.7. The number of hydrogen-bond donors (Lipinski definition) is 1. The van der Waals surface area contributed by atoms with Crippen LogP contribution in [0, 0.1) is 0 Å². The Morgan fingerprint density at radius 3 is 2.59 bits per heavy atom. The minimum Gasteiger partial charge on any atom is -0.452 e. The zero-order chi connectivity index (χ0) is 23.3. The first kappa shape index (κ1) is 24.7. The normalized spacial score (nSPS) is 14.8. The summed E-state index contributed by atoms with van der Waals surface area (Å²) in [4.78, 5) is 40.2. The van der Waals surface area contributed by atoms with E-state index >= 15 is 0 Å². The van der Waals surface area contributed by atoms with E-state index in [2.05, 4.69) is 0 Å². The molecule has 32 heavy (non-hydrogen) atoms. The molecule has 0 saturated carbocycles. The number of benzene rings is 1. The lowest BCUT2D eigenvalue weighted by Gasteiger charge is -2.28. The van der Waals surface area contributed by atoms with E-state index in [0.29, 0.717) is 33.7 Å². The number of aliphatic hydroxyl groups is 1. The van der Waals surface area contributed by atoms with E-state index in [1.807, 2.05) is 22.9 Å². The summed E-state index contributed by atoms with van der Waals surface area (Å²) in [6, 6.07) is 10.0. The summed E-state index contributed by atoms with van der Waals surface area (Å²) in [5, 5.41) is 10.6. The highest BCUT2D eigenvalue weighted by atomic mass is 127. The van der Waals surface area contributed by atoms with Crippen LogP contribution in [-0.2, 0) is 14.3 Å². The second kappa shape index (κ2) is 11.3. The van der Waals surface area contributed by atoms with Crippen LogP contribution in [0.5, 0.6) is 0 Å². The molecule has 2 heterocycles. The number of thiophene rings is 1. The number of methoxy groups -OCH3 is 1. The molecule has 1 fully saturated rings. The zero-order valence-corrected chi connectivity index (χ0v) is 20.8. The number of carbonyl (C=O) groups excluding carboxylic acids is 3. The molecule has 9 nitrogen and oxygen atoms in total. The van der Waals surface area contributed by atoms with E-state index in [0.717, 1.165) is 11.3 Å². The number of anilines is 2. The van der Waals surface area contributed by atoms with Gasteiger partial charge in [0.1, 0.15) is 6.61 Å². The van der Waals surface area contributed by atoms with Gasteiger partial charge in [0.05, 0.1) is 65.0 Å². The molecule has 1 aromatic carbocycles. The fraction of sp³-hybridized carbons (Fsp3) is 0.350. The standard InChI is InChI=1S/C20H21ClIN3O6S/c1-30-20(29)24(10-15(26)11-25(22)19(28)16-6-7-17(21)32-16)14-4-2-13(3-5-14)23-8-9-31-12-18(23)27/h2-7,15,26H,8-12H2,1H3/t15-/m1/s1. The van der Waals surface area contributed by atoms with Crippen LogP contribution in [0.2, 0.25) is 4.34 Å². The molecule has 1 saturated heterocycles. The van der Waals surface area contributed by atoms with Gasteiger partial charge >= 0.3 is 6.09 Å². The zero-order valence-electron chi connectivity index (χ0n) is 17.1. The van der Waals surface area contributed by atoms with Gasteiger partial charge in [0.2, 0.25) is 0 Å². The topological polar surface area (TPSA) is 99.6 Å². The van der Waals surface area contributed by atoms with Gasteiger partial charge in [-0.1, -0.05) is 11.6 Å². The third-order valence-corrected chi connectivity index (χ3v) is 6.67. The smallest absolute Gasteiger partial charge is 0.414 e. The molecule has 0 aliphatic carbocycles. The molecule has 0 spiro atoms. The molecule has 1 N–H and O–H groups in total. The van der Waals surface area contributed by atoms with Gasteiger partial charge in [0.25, 0.3) is 11.8 Å². The molecular formula is C20H21ClIN3O6S. The summed E-state index contributed by atoms with van der Waals surface area (Å²) < 4.78 is 11.8. The van der Waals surface area contributed by atoms with Crippen LogP contribution in [0.15, 0.2) is 36.4 Å². The molecule has 0 bridgehead atoms. The average Bonchev–Trinajstić information content (AvgIpc) is 3.23. The summed E-state index contributed by atoms with van der Waals surface area (Å²) in [5.41, 5.74) is 1.17. The van der Waals surface area contributed by atoms with Crippen molar-refractivity contribution in [3.8, 4) is 0 Å². The fourth-order valence-corrected chi connectivity index (χ4v) is 4.95. The van der Waals surface area contributed by atoms with Gasteiger partial charge in [0.15, 0.2) is 0 Å². The minimum absolute atomic E-state index is 0.0111. The van der Waals surface area contributed by atoms with Crippen molar-refractivity contribution in [3.63, 3.8) is 0 Å². The second-order valence-corrected chi connectivity index (χ2v) is 9.68. The van der Waals surface area contributed by atoms with Crippen molar-refractivity contribution in [2.45, 2.75) is 6.10 Å². The van der Waals surface area contributed by atoms with E-state index in [4.69, 9.17) is 21.1 Å². The summed E-state index contributed by atoms with van der Waals surface area (Å²) in [6.45, 7) is 0.832. The van der Waals surface area contributed by atoms with Crippen molar-refractivity contribution < 1.29 is 29.0 Å². The first-order chi connectivity index (χ1) is 15.3. The minimum atomic E-state index is -1.04. The molecule has 0 radical (unpaired) electrons. The predicted molar refractivity (Wildman–Crippen MR) is 130 cm³/mol. The molecule has 3 amide bonds. The number of morpholine rings is 1. The highest BCUT2D eigenvalue weighted by Crippen LogP contribution is 2.25. The van der Waals surface area contributed by atoms with Crippen molar-refractivity contribution in [1.82, 2.24) is 3.11 Å². The number of nitrogens with zero attached hydrogens (tertiary/aromatic N) is 3. The third kappa shape index (κ3) is 6.10. The van der Waals surface area contributed by atoms with Crippen molar-refractivity contribution in [1.29, 1.82) is 0 Å². The van der Waals surface area contributed by atoms with Crippen molar-refractivity contribution in [3.05, 3.63) is 45.6 Å². The maximum Gasteiger partial charge on any atom is 0.414 e. The molecule has 1 aromatic heterocycles. The van der Waals surface area contributed by atoms with Gasteiger partial charge in [-0.15, -0.1) is 11.3 Å². The van der Waals surface area contributed by atoms with Gasteiger partial charge in [-0.25, -0.2) is 4.79 Å². The van der Waals surface area contributed by atoms with Crippen molar-refractivity contribution in [2.75, 3.05) is 49.8 Å². The SMILES string of the molecule is COC(=O)N(C[C@@H](O)CN(I)C(=O)c1ccc(Cl)s1)c1ccc(N2CCOCC2=O)cc1. The Hall–Kier alpha value is -1.93. The van der Waals surface area contributed by atoms with Crippen LogP contribution in [0.25, 0.3) is 0 Å². The van der Waals surface area contributed by atoms with Gasteiger partial charge < -0.3 is 19.5 Å². The molecule has 1 atom stereocenters. The van der Waals surface area contributed by atoms with Crippen LogP contribution < -0.4 is 9.80 Å². The molecule has 12 heteroatoms. The van der Waals surface area contributed by atoms with Gasteiger partial charge in [-0.05, 0) is 36.4 Å². The van der Waals surface area contributed by atoms with Crippen LogP contribution >= 0.6 is 45.8 Å². The molecule has 1 aliphatic heterocycles. The molecule has 3 rings (SSSR count). The van der Waals surface area contributed by atoms with E-state index < -0.39 is 12.2 Å². The Labute approximate surface area is 207 Å². The molecule has 2 aromatic rings. The largest absolute Gasteiger partial charge is 0.452 e. The number of aliphatic hydroxyl groups excluding tert-OH is 1. The van der Waals surface area contributed by atoms with Crippen LogP contribution in [-0.4, -0.2) is 72.2 Å². The number of carbonyl (C=O) groups is 3. The van der Waals surface area contributed by atoms with Gasteiger partial charge in [0, 0.05) is 17.9 Å². The highest BCUT2D eigenvalue weighted by Gasteiger charge is 2.25. The number of ether oxygens (including phenoxy) is 2.